The Morgan fingerprint density at radius 2 is 2.00 bits per heavy atom. The first kappa shape index (κ1) is 12.5. The smallest absolute Gasteiger partial charge is 0.119 e. The maximum absolute atomic E-state index is 5.15. The SMILES string of the molecule is COc1ccc(NCc2nc3c(s2)CCCC3)cc1. The lowest BCUT2D eigenvalue weighted by molar-refractivity contribution is 0.415. The largest absolute Gasteiger partial charge is 0.497 e. The Bertz CT molecular complexity index is 524. The van der Waals surface area contributed by atoms with Crippen LogP contribution < -0.4 is 10.1 Å². The van der Waals surface area contributed by atoms with Crippen LogP contribution in [-0.2, 0) is 19.4 Å². The van der Waals surface area contributed by atoms with Crippen molar-refractivity contribution in [2.24, 2.45) is 0 Å². The van der Waals surface area contributed by atoms with Crippen molar-refractivity contribution in [2.75, 3.05) is 12.4 Å². The fourth-order valence-corrected chi connectivity index (χ4v) is 3.46. The summed E-state index contributed by atoms with van der Waals surface area (Å²) in [5, 5.41) is 4.61. The van der Waals surface area contributed by atoms with Gasteiger partial charge in [-0.15, -0.1) is 11.3 Å². The van der Waals surface area contributed by atoms with E-state index in [1.54, 1.807) is 7.11 Å². The van der Waals surface area contributed by atoms with Crippen molar-refractivity contribution in [3.63, 3.8) is 0 Å². The van der Waals surface area contributed by atoms with E-state index in [1.165, 1.54) is 34.8 Å². The van der Waals surface area contributed by atoms with Gasteiger partial charge >= 0.3 is 0 Å². The number of nitrogens with one attached hydrogen (secondary N) is 1. The molecule has 0 radical (unpaired) electrons. The van der Waals surface area contributed by atoms with Gasteiger partial charge in [-0.3, -0.25) is 0 Å². The molecule has 1 aliphatic carbocycles. The summed E-state index contributed by atoms with van der Waals surface area (Å²) in [4.78, 5) is 6.23. The monoisotopic (exact) mass is 274 g/mol. The fourth-order valence-electron chi connectivity index (χ4n) is 2.37. The molecule has 1 aromatic carbocycles. The van der Waals surface area contributed by atoms with E-state index in [0.29, 0.717) is 0 Å². The van der Waals surface area contributed by atoms with Crippen molar-refractivity contribution in [3.05, 3.63) is 39.8 Å². The van der Waals surface area contributed by atoms with Gasteiger partial charge in [0.05, 0.1) is 19.3 Å². The zero-order valence-corrected chi connectivity index (χ0v) is 11.9. The van der Waals surface area contributed by atoms with Gasteiger partial charge < -0.3 is 10.1 Å². The van der Waals surface area contributed by atoms with Crippen molar-refractivity contribution in [1.29, 1.82) is 0 Å². The van der Waals surface area contributed by atoms with Crippen molar-refractivity contribution >= 4 is 17.0 Å². The number of anilines is 1. The molecule has 0 spiro atoms. The van der Waals surface area contributed by atoms with Crippen LogP contribution in [0.15, 0.2) is 24.3 Å². The second-order valence-corrected chi connectivity index (χ2v) is 5.93. The molecule has 0 saturated heterocycles. The normalized spacial score (nSPS) is 13.9. The van der Waals surface area contributed by atoms with Crippen LogP contribution in [0, 0.1) is 0 Å². The van der Waals surface area contributed by atoms with Crippen molar-refractivity contribution < 1.29 is 4.74 Å². The van der Waals surface area contributed by atoms with Crippen LogP contribution in [0.5, 0.6) is 5.75 Å². The molecule has 1 aliphatic rings. The van der Waals surface area contributed by atoms with Gasteiger partial charge in [0, 0.05) is 10.6 Å². The van der Waals surface area contributed by atoms with Gasteiger partial charge in [0.25, 0.3) is 0 Å². The minimum Gasteiger partial charge on any atom is -0.497 e. The Kier molecular flexibility index (Phi) is 3.69. The number of methoxy groups -OCH3 is 1. The first-order valence-electron chi connectivity index (χ1n) is 6.70. The average molecular weight is 274 g/mol. The van der Waals surface area contributed by atoms with Crippen LogP contribution in [0.3, 0.4) is 0 Å². The third-order valence-corrected chi connectivity index (χ3v) is 4.58. The molecule has 0 aliphatic heterocycles. The number of benzene rings is 1. The molecule has 0 amide bonds. The molecule has 3 nitrogen and oxygen atoms in total. The Hall–Kier alpha value is -1.55. The minimum atomic E-state index is 0.810. The molecule has 4 heteroatoms. The Balaban J connectivity index is 1.63. The van der Waals surface area contributed by atoms with Crippen LogP contribution in [-0.4, -0.2) is 12.1 Å². The summed E-state index contributed by atoms with van der Waals surface area (Å²) in [7, 11) is 1.68. The minimum absolute atomic E-state index is 0.810. The van der Waals surface area contributed by atoms with E-state index in [0.717, 1.165) is 24.4 Å². The lowest BCUT2D eigenvalue weighted by Crippen LogP contribution is -2.01. The average Bonchev–Trinajstić information content (AvgIpc) is 2.88. The molecule has 19 heavy (non-hydrogen) atoms. The van der Waals surface area contributed by atoms with Crippen molar-refractivity contribution in [1.82, 2.24) is 4.98 Å². The Morgan fingerprint density at radius 3 is 2.74 bits per heavy atom. The van der Waals surface area contributed by atoms with E-state index in [4.69, 9.17) is 9.72 Å². The summed E-state index contributed by atoms with van der Waals surface area (Å²) in [6, 6.07) is 8.00. The Labute approximate surface area is 117 Å². The van der Waals surface area contributed by atoms with Gasteiger partial charge in [-0.2, -0.15) is 0 Å². The summed E-state index contributed by atoms with van der Waals surface area (Å²) in [5.41, 5.74) is 2.44. The maximum atomic E-state index is 5.15. The highest BCUT2D eigenvalue weighted by molar-refractivity contribution is 7.11. The van der Waals surface area contributed by atoms with Crippen LogP contribution in [0.25, 0.3) is 0 Å². The second-order valence-electron chi connectivity index (χ2n) is 4.77. The highest BCUT2D eigenvalue weighted by Crippen LogP contribution is 2.27. The molecule has 2 aromatic rings. The Morgan fingerprint density at radius 1 is 1.21 bits per heavy atom. The second kappa shape index (κ2) is 5.61. The molecular weight excluding hydrogens is 256 g/mol. The number of aromatic nitrogens is 1. The summed E-state index contributed by atoms with van der Waals surface area (Å²) >= 11 is 1.86. The van der Waals surface area contributed by atoms with E-state index in [2.05, 4.69) is 5.32 Å². The number of ether oxygens (including phenoxy) is 1. The zero-order chi connectivity index (χ0) is 13.1. The van der Waals surface area contributed by atoms with Gasteiger partial charge in [0.15, 0.2) is 0 Å². The number of nitrogens with zero attached hydrogens (tertiary/aromatic N) is 1. The number of hydrogen-bond acceptors (Lipinski definition) is 4. The van der Waals surface area contributed by atoms with E-state index in [-0.39, 0.29) is 0 Å². The van der Waals surface area contributed by atoms with Crippen LogP contribution in [0.4, 0.5) is 5.69 Å². The summed E-state index contributed by atoms with van der Waals surface area (Å²) in [5.74, 6) is 0.885. The molecule has 1 N–H and O–H groups in total. The number of aryl methyl sites for hydroxylation is 2. The highest BCUT2D eigenvalue weighted by atomic mass is 32.1. The number of thiazole rings is 1. The molecule has 0 unspecified atom stereocenters. The predicted molar refractivity (Wildman–Crippen MR) is 79.1 cm³/mol. The van der Waals surface area contributed by atoms with Crippen LogP contribution >= 0.6 is 11.3 Å². The third kappa shape index (κ3) is 2.89. The molecule has 0 fully saturated rings. The molecule has 0 bridgehead atoms. The molecule has 0 saturated carbocycles. The van der Waals surface area contributed by atoms with Gasteiger partial charge in [-0.25, -0.2) is 4.98 Å². The van der Waals surface area contributed by atoms with Gasteiger partial charge in [-0.05, 0) is 49.9 Å². The van der Waals surface area contributed by atoms with Crippen molar-refractivity contribution in [2.45, 2.75) is 32.2 Å². The topological polar surface area (TPSA) is 34.1 Å². The summed E-state index contributed by atoms with van der Waals surface area (Å²) in [6.45, 7) is 0.810. The van der Waals surface area contributed by atoms with E-state index >= 15 is 0 Å². The summed E-state index contributed by atoms with van der Waals surface area (Å²) in [6.07, 6.45) is 4.99. The first-order valence-corrected chi connectivity index (χ1v) is 7.52. The molecule has 1 heterocycles. The van der Waals surface area contributed by atoms with Crippen LogP contribution in [0.1, 0.15) is 28.4 Å². The molecule has 100 valence electrons. The van der Waals surface area contributed by atoms with Gasteiger partial charge in [0.1, 0.15) is 10.8 Å². The zero-order valence-electron chi connectivity index (χ0n) is 11.1. The standard InChI is InChI=1S/C15H18N2OS/c1-18-12-8-6-11(7-9-12)16-10-15-17-13-4-2-3-5-14(13)19-15/h6-9,16H,2-5,10H2,1H3. The summed E-state index contributed by atoms with van der Waals surface area (Å²) < 4.78 is 5.15. The third-order valence-electron chi connectivity index (χ3n) is 3.42. The lowest BCUT2D eigenvalue weighted by Gasteiger charge is -2.06. The molecular formula is C15H18N2OS. The van der Waals surface area contributed by atoms with Crippen molar-refractivity contribution in [3.8, 4) is 5.75 Å². The first-order chi connectivity index (χ1) is 9.35. The lowest BCUT2D eigenvalue weighted by atomic mass is 10.0. The van der Waals surface area contributed by atoms with Gasteiger partial charge in [0.2, 0.25) is 0 Å². The van der Waals surface area contributed by atoms with Crippen LogP contribution in [0.2, 0.25) is 0 Å². The number of rotatable bonds is 4. The van der Waals surface area contributed by atoms with E-state index < -0.39 is 0 Å². The highest BCUT2D eigenvalue weighted by Gasteiger charge is 2.14. The predicted octanol–water partition coefficient (Wildman–Crippen LogP) is 3.64. The molecule has 1 aromatic heterocycles. The fraction of sp³-hybridized carbons (Fsp3) is 0.400. The van der Waals surface area contributed by atoms with E-state index in [9.17, 15) is 0 Å². The number of fused-ring (bicyclic) bond motifs is 1. The van der Waals surface area contributed by atoms with Gasteiger partial charge in [-0.1, -0.05) is 0 Å². The quantitative estimate of drug-likeness (QED) is 0.924. The van der Waals surface area contributed by atoms with E-state index in [1.807, 2.05) is 35.6 Å². The molecule has 0 atom stereocenters. The number of hydrogen-bond donors (Lipinski definition) is 1. The maximum Gasteiger partial charge on any atom is 0.119 e. The molecule has 3 rings (SSSR count).